The van der Waals surface area contributed by atoms with Crippen LogP contribution in [-0.4, -0.2) is 46.9 Å². The van der Waals surface area contributed by atoms with Crippen molar-refractivity contribution in [3.63, 3.8) is 0 Å². The summed E-state index contributed by atoms with van der Waals surface area (Å²) in [5.74, 6) is -2.16. The highest BCUT2D eigenvalue weighted by atomic mass is 32.2. The molecule has 2 aromatic heterocycles. The van der Waals surface area contributed by atoms with Crippen LogP contribution in [0.2, 0.25) is 0 Å². The van der Waals surface area contributed by atoms with Gasteiger partial charge in [-0.1, -0.05) is 33.1 Å². The Hall–Kier alpha value is -2.34. The molecule has 2 aromatic rings. The van der Waals surface area contributed by atoms with Gasteiger partial charge in [-0.15, -0.1) is 11.8 Å². The average molecular weight is 521 g/mol. The number of nitrogens with zero attached hydrogens (tertiary/aromatic N) is 4. The first-order valence-corrected chi connectivity index (χ1v) is 14.0. The number of carbonyl (C=O) groups is 1. The minimum atomic E-state index is -2.73. The summed E-state index contributed by atoms with van der Waals surface area (Å²) in [6.07, 6.45) is 6.71. The van der Waals surface area contributed by atoms with Crippen molar-refractivity contribution in [3.8, 4) is 6.07 Å². The fourth-order valence-electron chi connectivity index (χ4n) is 4.57. The number of fused-ring (bicyclic) bond motifs is 1. The molecule has 0 amide bonds. The molecule has 0 N–H and O–H groups in total. The first kappa shape index (κ1) is 28.2. The lowest BCUT2D eigenvalue weighted by Gasteiger charge is -2.33. The number of ether oxygens (including phenoxy) is 1. The van der Waals surface area contributed by atoms with Crippen molar-refractivity contribution >= 4 is 34.5 Å². The molecule has 1 unspecified atom stereocenters. The quantitative estimate of drug-likeness (QED) is 0.222. The molecule has 198 valence electrons. The highest BCUT2D eigenvalue weighted by Gasteiger charge is 2.36. The van der Waals surface area contributed by atoms with Gasteiger partial charge in [-0.2, -0.15) is 5.26 Å². The molecule has 0 aliphatic carbocycles. The van der Waals surface area contributed by atoms with Crippen LogP contribution in [0.15, 0.2) is 17.3 Å². The third kappa shape index (κ3) is 7.12. The van der Waals surface area contributed by atoms with E-state index in [0.29, 0.717) is 53.0 Å². The van der Waals surface area contributed by atoms with Crippen LogP contribution in [0.4, 0.5) is 14.5 Å². The number of aromatic nitrogens is 2. The zero-order valence-electron chi connectivity index (χ0n) is 21.9. The molecule has 1 aliphatic heterocycles. The van der Waals surface area contributed by atoms with Gasteiger partial charge in [0, 0.05) is 31.0 Å². The number of thioether (sulfide) groups is 1. The molecule has 0 spiro atoms. The molecule has 3 heterocycles. The van der Waals surface area contributed by atoms with E-state index in [1.54, 1.807) is 11.0 Å². The van der Waals surface area contributed by atoms with Gasteiger partial charge in [-0.25, -0.2) is 13.8 Å². The summed E-state index contributed by atoms with van der Waals surface area (Å²) in [5.41, 5.74) is 2.46. The Morgan fingerprint density at radius 2 is 2.14 bits per heavy atom. The second-order valence-corrected chi connectivity index (χ2v) is 11.0. The first-order valence-electron chi connectivity index (χ1n) is 13.1. The number of nitriles is 1. The second kappa shape index (κ2) is 12.8. The molecule has 0 aromatic carbocycles. The highest BCUT2D eigenvalue weighted by Crippen LogP contribution is 2.37. The Labute approximate surface area is 217 Å². The second-order valence-electron chi connectivity index (χ2n) is 9.92. The number of pyridine rings is 1. The Bertz CT molecular complexity index is 1080. The summed E-state index contributed by atoms with van der Waals surface area (Å²) in [6, 6.07) is 4.08. The van der Waals surface area contributed by atoms with Gasteiger partial charge in [0.2, 0.25) is 0 Å². The molecule has 1 aliphatic rings. The number of unbranched alkanes of at least 4 members (excludes halogenated alkanes) is 1. The van der Waals surface area contributed by atoms with Crippen LogP contribution in [0.3, 0.4) is 0 Å². The molecule has 0 bridgehead atoms. The topological polar surface area (TPSA) is 71.2 Å². The normalized spacial score (nSPS) is 16.3. The van der Waals surface area contributed by atoms with E-state index in [1.807, 2.05) is 24.6 Å². The van der Waals surface area contributed by atoms with Gasteiger partial charge in [0.1, 0.15) is 16.6 Å². The fraction of sp³-hybridized carbons (Fsp3) is 0.667. The average Bonchev–Trinajstić information content (AvgIpc) is 3.21. The molecule has 0 radical (unpaired) electrons. The Morgan fingerprint density at radius 3 is 2.78 bits per heavy atom. The van der Waals surface area contributed by atoms with Gasteiger partial charge in [-0.3, -0.25) is 4.79 Å². The van der Waals surface area contributed by atoms with E-state index in [2.05, 4.69) is 19.9 Å². The number of halogens is 2. The lowest BCUT2D eigenvalue weighted by molar-refractivity contribution is -0.144. The molecule has 6 nitrogen and oxygen atoms in total. The molecule has 3 rings (SSSR count). The van der Waals surface area contributed by atoms with E-state index in [-0.39, 0.29) is 31.4 Å². The molecule has 9 heteroatoms. The van der Waals surface area contributed by atoms with Gasteiger partial charge in [0.25, 0.3) is 5.92 Å². The summed E-state index contributed by atoms with van der Waals surface area (Å²) in [7, 11) is 0. The summed E-state index contributed by atoms with van der Waals surface area (Å²) in [4.78, 5) is 18.8. The Morgan fingerprint density at radius 1 is 1.36 bits per heavy atom. The summed E-state index contributed by atoms with van der Waals surface area (Å²) >= 11 is 1.33. The van der Waals surface area contributed by atoms with Crippen LogP contribution in [0.25, 0.3) is 11.0 Å². The van der Waals surface area contributed by atoms with Crippen LogP contribution >= 0.6 is 11.8 Å². The van der Waals surface area contributed by atoms with Gasteiger partial charge in [-0.05, 0) is 38.7 Å². The maximum atomic E-state index is 14.2. The zero-order chi connectivity index (χ0) is 26.3. The largest absolute Gasteiger partial charge is 0.465 e. The van der Waals surface area contributed by atoms with Crippen molar-refractivity contribution in [2.75, 3.05) is 30.3 Å². The van der Waals surface area contributed by atoms with E-state index in [4.69, 9.17) is 9.72 Å². The summed E-state index contributed by atoms with van der Waals surface area (Å²) in [5, 5.41) is 10.3. The number of anilines is 1. The van der Waals surface area contributed by atoms with Gasteiger partial charge in [0.15, 0.2) is 0 Å². The van der Waals surface area contributed by atoms with Crippen molar-refractivity contribution in [1.82, 2.24) is 9.55 Å². The summed E-state index contributed by atoms with van der Waals surface area (Å²) in [6.45, 7) is 8.94. The lowest BCUT2D eigenvalue weighted by atomic mass is 10.0. The predicted molar refractivity (Wildman–Crippen MR) is 141 cm³/mol. The first-order chi connectivity index (χ1) is 17.2. The van der Waals surface area contributed by atoms with Crippen molar-refractivity contribution < 1.29 is 18.3 Å². The van der Waals surface area contributed by atoms with E-state index in [0.717, 1.165) is 31.2 Å². The molecule has 1 atom stereocenters. The van der Waals surface area contributed by atoms with Crippen molar-refractivity contribution in [3.05, 3.63) is 17.8 Å². The molecular weight excluding hydrogens is 482 g/mol. The van der Waals surface area contributed by atoms with Crippen LogP contribution < -0.4 is 4.90 Å². The smallest absolute Gasteiger partial charge is 0.306 e. The zero-order valence-corrected chi connectivity index (χ0v) is 22.7. The van der Waals surface area contributed by atoms with Crippen molar-refractivity contribution in [1.29, 1.82) is 5.26 Å². The third-order valence-corrected chi connectivity index (χ3v) is 7.72. The number of carbonyl (C=O) groups excluding carboxylic acids is 1. The number of rotatable bonds is 12. The number of hydrogen-bond donors (Lipinski definition) is 0. The van der Waals surface area contributed by atoms with Crippen LogP contribution in [0.5, 0.6) is 0 Å². The summed E-state index contributed by atoms with van der Waals surface area (Å²) < 4.78 is 35.8. The van der Waals surface area contributed by atoms with Gasteiger partial charge >= 0.3 is 5.97 Å². The molecular formula is C27H38F2N4O2S. The van der Waals surface area contributed by atoms with Crippen LogP contribution in [-0.2, 0) is 9.53 Å². The molecule has 1 saturated heterocycles. The number of piperidine rings is 1. The minimum Gasteiger partial charge on any atom is -0.465 e. The van der Waals surface area contributed by atoms with Crippen LogP contribution in [0.1, 0.15) is 84.2 Å². The highest BCUT2D eigenvalue weighted by molar-refractivity contribution is 7.99. The number of hydrogen-bond acceptors (Lipinski definition) is 6. The van der Waals surface area contributed by atoms with Crippen molar-refractivity contribution in [2.24, 2.45) is 5.92 Å². The molecule has 0 saturated carbocycles. The third-order valence-electron chi connectivity index (χ3n) is 6.73. The predicted octanol–water partition coefficient (Wildman–Crippen LogP) is 6.97. The maximum absolute atomic E-state index is 14.2. The van der Waals surface area contributed by atoms with Gasteiger partial charge < -0.3 is 14.2 Å². The molecule has 1 fully saturated rings. The van der Waals surface area contributed by atoms with Crippen molar-refractivity contribution in [2.45, 2.75) is 89.6 Å². The van der Waals surface area contributed by atoms with E-state index in [1.165, 1.54) is 11.8 Å². The van der Waals surface area contributed by atoms with E-state index in [9.17, 15) is 18.8 Å². The molecule has 36 heavy (non-hydrogen) atoms. The maximum Gasteiger partial charge on any atom is 0.306 e. The van der Waals surface area contributed by atoms with Crippen LogP contribution in [0, 0.1) is 17.2 Å². The minimum absolute atomic E-state index is 0.0810. The lowest BCUT2D eigenvalue weighted by Crippen LogP contribution is -2.42. The Kier molecular flexibility index (Phi) is 10.0. The number of esters is 1. The fourth-order valence-corrected chi connectivity index (χ4v) is 5.44. The van der Waals surface area contributed by atoms with E-state index >= 15 is 0 Å². The number of alkyl halides is 2. The van der Waals surface area contributed by atoms with E-state index < -0.39 is 5.92 Å². The standard InChI is InChI=1S/C27H38F2N4O2S/c1-5-7-9-20(6-2)17-35-24(34)10-13-36-26-21(15-30)14-22-25(31-26)23(16-33(22)19(3)4)32-12-8-11-27(28,29)18-32/h14,16,19-20H,5-13,17-18H2,1-4H3. The SMILES string of the molecule is CCCCC(CC)COC(=O)CCSc1nc2c(N3CCCC(F)(F)C3)cn(C(C)C)c2cc1C#N. The monoisotopic (exact) mass is 520 g/mol. The van der Waals surface area contributed by atoms with Gasteiger partial charge in [0.05, 0.1) is 36.3 Å². The Balaban J connectivity index is 1.75.